The molecule has 1 unspecified atom stereocenters. The van der Waals surface area contributed by atoms with Gasteiger partial charge in [0.1, 0.15) is 0 Å². The molecule has 1 atom stereocenters. The van der Waals surface area contributed by atoms with Gasteiger partial charge in [-0.3, -0.25) is 0 Å². The normalized spacial score (nSPS) is 14.9. The van der Waals surface area contributed by atoms with Crippen LogP contribution in [0.4, 0.5) is 0 Å². The topological polar surface area (TPSA) is 44.8 Å². The smallest absolute Gasteiger partial charge is 0.376 e. The largest absolute Gasteiger partial charge is 0.510 e. The lowest BCUT2D eigenvalue weighted by molar-refractivity contribution is 0.122. The molecular formula is C11H27O4PSi. The van der Waals surface area contributed by atoms with Crippen LogP contribution in [-0.4, -0.2) is 47.7 Å². The van der Waals surface area contributed by atoms with Crippen LogP contribution in [0.1, 0.15) is 33.6 Å². The maximum Gasteiger partial charge on any atom is 0.510 e. The van der Waals surface area contributed by atoms with Crippen molar-refractivity contribution in [2.75, 3.05) is 33.7 Å². The van der Waals surface area contributed by atoms with Crippen molar-refractivity contribution < 1.29 is 17.8 Å². The third kappa shape index (κ3) is 3.90. The third-order valence-electron chi connectivity index (χ3n) is 3.28. The van der Waals surface area contributed by atoms with Gasteiger partial charge in [0.25, 0.3) is 0 Å². The highest BCUT2D eigenvalue weighted by molar-refractivity contribution is 7.67. The van der Waals surface area contributed by atoms with Crippen molar-refractivity contribution in [3.05, 3.63) is 0 Å². The van der Waals surface area contributed by atoms with Gasteiger partial charge in [0.2, 0.25) is 0 Å². The molecule has 0 bridgehead atoms. The maximum atomic E-state index is 13.0. The second-order valence-corrected chi connectivity index (χ2v) is 11.6. The second-order valence-electron chi connectivity index (χ2n) is 4.29. The Morgan fingerprint density at radius 2 is 1.35 bits per heavy atom. The standard InChI is InChI=1S/C11H27O4PSi/c1-7-9-16(12,10-8-2)11(3)17(13-4,14-5)15-6/h11H,7-10H2,1-6H3. The molecule has 104 valence electrons. The molecule has 6 heteroatoms. The molecule has 4 nitrogen and oxygen atoms in total. The van der Waals surface area contributed by atoms with E-state index in [4.69, 9.17) is 13.3 Å². The lowest BCUT2D eigenvalue weighted by Gasteiger charge is -2.35. The van der Waals surface area contributed by atoms with Crippen molar-refractivity contribution in [2.24, 2.45) is 0 Å². The van der Waals surface area contributed by atoms with Crippen LogP contribution in [-0.2, 0) is 17.8 Å². The highest BCUT2D eigenvalue weighted by Crippen LogP contribution is 2.54. The number of hydrogen-bond acceptors (Lipinski definition) is 4. The van der Waals surface area contributed by atoms with Crippen LogP contribution in [0.25, 0.3) is 0 Å². The quantitative estimate of drug-likeness (QED) is 0.482. The van der Waals surface area contributed by atoms with E-state index in [1.165, 1.54) is 0 Å². The minimum absolute atomic E-state index is 0.130. The van der Waals surface area contributed by atoms with E-state index >= 15 is 0 Å². The third-order valence-corrected chi connectivity index (χ3v) is 12.2. The summed E-state index contributed by atoms with van der Waals surface area (Å²) in [6.45, 7) is 6.07. The molecule has 0 aliphatic carbocycles. The van der Waals surface area contributed by atoms with Crippen LogP contribution in [0.15, 0.2) is 0 Å². The zero-order chi connectivity index (χ0) is 13.5. The van der Waals surface area contributed by atoms with Gasteiger partial charge in [0.15, 0.2) is 0 Å². The molecule has 0 heterocycles. The Morgan fingerprint density at radius 1 is 1.00 bits per heavy atom. The minimum Gasteiger partial charge on any atom is -0.376 e. The molecule has 0 aliphatic rings. The van der Waals surface area contributed by atoms with E-state index in [1.807, 2.05) is 6.92 Å². The fourth-order valence-corrected chi connectivity index (χ4v) is 10.4. The average molecular weight is 282 g/mol. The Labute approximate surface area is 107 Å². The first-order chi connectivity index (χ1) is 7.96. The average Bonchev–Trinajstić information content (AvgIpc) is 2.32. The van der Waals surface area contributed by atoms with E-state index < -0.39 is 15.9 Å². The summed E-state index contributed by atoms with van der Waals surface area (Å²) in [6, 6.07) is 0. The lowest BCUT2D eigenvalue weighted by Crippen LogP contribution is -2.53. The van der Waals surface area contributed by atoms with E-state index in [-0.39, 0.29) is 5.28 Å². The molecule has 0 radical (unpaired) electrons. The van der Waals surface area contributed by atoms with Crippen molar-refractivity contribution >= 4 is 15.9 Å². The van der Waals surface area contributed by atoms with Gasteiger partial charge in [-0.1, -0.05) is 20.8 Å². The van der Waals surface area contributed by atoms with Crippen LogP contribution in [0.2, 0.25) is 0 Å². The minimum atomic E-state index is -2.79. The first kappa shape index (κ1) is 17.3. The number of hydrogen-bond donors (Lipinski definition) is 0. The van der Waals surface area contributed by atoms with E-state index in [9.17, 15) is 4.57 Å². The molecule has 0 saturated heterocycles. The Morgan fingerprint density at radius 3 is 1.59 bits per heavy atom. The fourth-order valence-electron chi connectivity index (χ4n) is 2.31. The van der Waals surface area contributed by atoms with Crippen LogP contribution < -0.4 is 0 Å². The SMILES string of the molecule is CCCP(=O)(CCC)C(C)[Si](OC)(OC)OC. The van der Waals surface area contributed by atoms with Crippen molar-refractivity contribution in [3.63, 3.8) is 0 Å². The van der Waals surface area contributed by atoms with Gasteiger partial charge in [0.05, 0.1) is 12.4 Å². The molecule has 0 aliphatic heterocycles. The Bertz CT molecular complexity index is 238. The summed E-state index contributed by atoms with van der Waals surface area (Å²) < 4.78 is 29.4. The van der Waals surface area contributed by atoms with Gasteiger partial charge in [-0.05, 0) is 12.8 Å². The molecule has 0 spiro atoms. The summed E-state index contributed by atoms with van der Waals surface area (Å²) in [6.07, 6.45) is 3.33. The van der Waals surface area contributed by atoms with Gasteiger partial charge in [-0.2, -0.15) is 0 Å². The molecule has 0 aromatic carbocycles. The predicted octanol–water partition coefficient (Wildman–Crippen LogP) is 2.98. The fraction of sp³-hybridized carbons (Fsp3) is 1.00. The first-order valence-electron chi connectivity index (χ1n) is 6.19. The summed E-state index contributed by atoms with van der Waals surface area (Å²) >= 11 is 0. The van der Waals surface area contributed by atoms with Gasteiger partial charge in [0, 0.05) is 33.7 Å². The van der Waals surface area contributed by atoms with E-state index in [1.54, 1.807) is 21.3 Å². The Hall–Kier alpha value is 0.327. The van der Waals surface area contributed by atoms with Crippen molar-refractivity contribution in [1.29, 1.82) is 0 Å². The van der Waals surface area contributed by atoms with Crippen molar-refractivity contribution in [3.8, 4) is 0 Å². The van der Waals surface area contributed by atoms with Gasteiger partial charge < -0.3 is 17.8 Å². The van der Waals surface area contributed by atoms with Crippen LogP contribution in [0, 0.1) is 0 Å². The molecule has 0 N–H and O–H groups in total. The van der Waals surface area contributed by atoms with E-state index in [0.29, 0.717) is 0 Å². The molecule has 17 heavy (non-hydrogen) atoms. The summed E-state index contributed by atoms with van der Waals surface area (Å²) in [5.74, 6) is 0. The molecule has 0 saturated carbocycles. The molecule has 0 fully saturated rings. The van der Waals surface area contributed by atoms with E-state index in [0.717, 1.165) is 25.2 Å². The van der Waals surface area contributed by atoms with Gasteiger partial charge in [-0.25, -0.2) is 0 Å². The summed E-state index contributed by atoms with van der Waals surface area (Å²) in [4.78, 5) is 0. The summed E-state index contributed by atoms with van der Waals surface area (Å²) in [7, 11) is -0.345. The number of rotatable bonds is 9. The first-order valence-corrected chi connectivity index (χ1v) is 10.1. The van der Waals surface area contributed by atoms with Crippen LogP contribution in [0.3, 0.4) is 0 Å². The van der Waals surface area contributed by atoms with Gasteiger partial charge in [-0.15, -0.1) is 0 Å². The zero-order valence-corrected chi connectivity index (χ0v) is 13.9. The van der Waals surface area contributed by atoms with Gasteiger partial charge >= 0.3 is 8.80 Å². The zero-order valence-electron chi connectivity index (χ0n) is 12.0. The molecule has 0 aromatic rings. The molecule has 0 aromatic heterocycles. The summed E-state index contributed by atoms with van der Waals surface area (Å²) in [5, 5.41) is -0.130. The lowest BCUT2D eigenvalue weighted by atomic mass is 10.6. The van der Waals surface area contributed by atoms with Crippen LogP contribution in [0.5, 0.6) is 0 Å². The second kappa shape index (κ2) is 7.69. The Balaban J connectivity index is 5.16. The highest BCUT2D eigenvalue weighted by Gasteiger charge is 2.52. The molecule has 0 rings (SSSR count). The molecular weight excluding hydrogens is 255 g/mol. The predicted molar refractivity (Wildman–Crippen MR) is 74.2 cm³/mol. The molecule has 0 amide bonds. The van der Waals surface area contributed by atoms with Crippen LogP contribution >= 0.6 is 7.14 Å². The highest BCUT2D eigenvalue weighted by atomic mass is 31.2. The van der Waals surface area contributed by atoms with Crippen molar-refractivity contribution in [2.45, 2.75) is 38.9 Å². The summed E-state index contributed by atoms with van der Waals surface area (Å²) in [5.41, 5.74) is 0. The van der Waals surface area contributed by atoms with Crippen molar-refractivity contribution in [1.82, 2.24) is 0 Å². The van der Waals surface area contributed by atoms with E-state index in [2.05, 4.69) is 13.8 Å². The Kier molecular flexibility index (Phi) is 7.84. The maximum absolute atomic E-state index is 13.0. The monoisotopic (exact) mass is 282 g/mol.